The van der Waals surface area contributed by atoms with Crippen LogP contribution in [0.15, 0.2) is 18.2 Å². The van der Waals surface area contributed by atoms with Crippen molar-refractivity contribution in [1.29, 1.82) is 0 Å². The van der Waals surface area contributed by atoms with Crippen molar-refractivity contribution in [2.24, 2.45) is 0 Å². The summed E-state index contributed by atoms with van der Waals surface area (Å²) >= 11 is 0. The van der Waals surface area contributed by atoms with Crippen LogP contribution in [-0.2, 0) is 6.42 Å². The minimum Gasteiger partial charge on any atom is -0.505 e. The van der Waals surface area contributed by atoms with Gasteiger partial charge in [-0.3, -0.25) is 0 Å². The molecule has 16 heavy (non-hydrogen) atoms. The second-order valence-corrected chi connectivity index (χ2v) is 4.09. The van der Waals surface area contributed by atoms with Gasteiger partial charge in [-0.25, -0.2) is 4.39 Å². The van der Waals surface area contributed by atoms with Gasteiger partial charge in [0, 0.05) is 32.7 Å². The highest BCUT2D eigenvalue weighted by molar-refractivity contribution is 5.33. The van der Waals surface area contributed by atoms with E-state index in [-0.39, 0.29) is 5.75 Å². The van der Waals surface area contributed by atoms with Crippen LogP contribution in [-0.4, -0.2) is 42.7 Å². The molecule has 88 valence electrons. The number of piperazine rings is 1. The van der Waals surface area contributed by atoms with Gasteiger partial charge in [0.2, 0.25) is 0 Å². The first kappa shape index (κ1) is 11.4. The van der Waals surface area contributed by atoms with Crippen molar-refractivity contribution >= 4 is 0 Å². The van der Waals surface area contributed by atoms with Gasteiger partial charge >= 0.3 is 0 Å². The first-order valence-corrected chi connectivity index (χ1v) is 5.67. The molecular formula is C12H17FN2O. The Bertz CT molecular complexity index is 351. The Balaban J connectivity index is 1.91. The van der Waals surface area contributed by atoms with Crippen molar-refractivity contribution in [3.8, 4) is 5.75 Å². The maximum Gasteiger partial charge on any atom is 0.165 e. The zero-order valence-corrected chi connectivity index (χ0v) is 9.25. The lowest BCUT2D eigenvalue weighted by atomic mass is 10.1. The first-order chi connectivity index (χ1) is 7.77. The van der Waals surface area contributed by atoms with E-state index in [9.17, 15) is 9.50 Å². The predicted molar refractivity (Wildman–Crippen MR) is 61.1 cm³/mol. The van der Waals surface area contributed by atoms with Crippen molar-refractivity contribution < 1.29 is 9.50 Å². The smallest absolute Gasteiger partial charge is 0.165 e. The number of para-hydroxylation sites is 1. The van der Waals surface area contributed by atoms with Gasteiger partial charge in [0.15, 0.2) is 11.6 Å². The summed E-state index contributed by atoms with van der Waals surface area (Å²) in [6.45, 7) is 4.94. The van der Waals surface area contributed by atoms with Crippen LogP contribution in [0, 0.1) is 5.82 Å². The normalized spacial score (nSPS) is 17.6. The third-order valence-electron chi connectivity index (χ3n) is 2.98. The number of hydrogen-bond donors (Lipinski definition) is 2. The fourth-order valence-electron chi connectivity index (χ4n) is 1.98. The van der Waals surface area contributed by atoms with Crippen LogP contribution in [0.5, 0.6) is 5.75 Å². The summed E-state index contributed by atoms with van der Waals surface area (Å²) in [6, 6.07) is 4.70. The number of phenolic OH excluding ortho intramolecular Hbond substituents is 1. The molecule has 4 heteroatoms. The van der Waals surface area contributed by atoms with Crippen molar-refractivity contribution in [3.63, 3.8) is 0 Å². The van der Waals surface area contributed by atoms with Gasteiger partial charge in [-0.05, 0) is 18.1 Å². The lowest BCUT2D eigenvalue weighted by Gasteiger charge is -2.27. The van der Waals surface area contributed by atoms with E-state index >= 15 is 0 Å². The van der Waals surface area contributed by atoms with Crippen LogP contribution in [0.25, 0.3) is 0 Å². The molecule has 1 fully saturated rings. The summed E-state index contributed by atoms with van der Waals surface area (Å²) in [5.41, 5.74) is 0.693. The number of phenols is 1. The van der Waals surface area contributed by atoms with Crippen molar-refractivity contribution in [3.05, 3.63) is 29.6 Å². The third-order valence-corrected chi connectivity index (χ3v) is 2.98. The fourth-order valence-corrected chi connectivity index (χ4v) is 1.98. The molecule has 0 aliphatic carbocycles. The lowest BCUT2D eigenvalue weighted by Crippen LogP contribution is -2.44. The molecule has 2 N–H and O–H groups in total. The molecule has 0 bridgehead atoms. The van der Waals surface area contributed by atoms with E-state index in [0.29, 0.717) is 12.0 Å². The highest BCUT2D eigenvalue weighted by atomic mass is 19.1. The van der Waals surface area contributed by atoms with Gasteiger partial charge in [-0.1, -0.05) is 12.1 Å². The molecule has 0 aromatic heterocycles. The van der Waals surface area contributed by atoms with Crippen LogP contribution in [0.1, 0.15) is 5.56 Å². The monoisotopic (exact) mass is 224 g/mol. The van der Waals surface area contributed by atoms with Crippen LogP contribution < -0.4 is 5.32 Å². The summed E-state index contributed by atoms with van der Waals surface area (Å²) < 4.78 is 13.1. The molecule has 1 aliphatic heterocycles. The number of nitrogens with zero attached hydrogens (tertiary/aromatic N) is 1. The van der Waals surface area contributed by atoms with Crippen molar-refractivity contribution in [1.82, 2.24) is 10.2 Å². The van der Waals surface area contributed by atoms with Crippen molar-refractivity contribution in [2.45, 2.75) is 6.42 Å². The molecule has 1 aromatic carbocycles. The first-order valence-electron chi connectivity index (χ1n) is 5.67. The summed E-state index contributed by atoms with van der Waals surface area (Å²) in [5.74, 6) is -0.726. The number of aromatic hydroxyl groups is 1. The average molecular weight is 224 g/mol. The number of benzene rings is 1. The SMILES string of the molecule is Oc1c(F)cccc1CCN1CCNCC1. The zero-order chi connectivity index (χ0) is 11.4. The molecule has 0 radical (unpaired) electrons. The molecule has 1 aliphatic rings. The highest BCUT2D eigenvalue weighted by Crippen LogP contribution is 2.21. The molecule has 0 unspecified atom stereocenters. The molecule has 0 atom stereocenters. The Kier molecular flexibility index (Phi) is 3.74. The average Bonchev–Trinajstić information content (AvgIpc) is 2.32. The van der Waals surface area contributed by atoms with Crippen LogP contribution in [0.4, 0.5) is 4.39 Å². The standard InChI is InChI=1S/C12H17FN2O/c13-11-3-1-2-10(12(11)16)4-7-15-8-5-14-6-9-15/h1-3,14,16H,4-9H2. The van der Waals surface area contributed by atoms with E-state index in [1.165, 1.54) is 6.07 Å². The van der Waals surface area contributed by atoms with Gasteiger partial charge in [-0.2, -0.15) is 0 Å². The summed E-state index contributed by atoms with van der Waals surface area (Å²) in [4.78, 5) is 2.32. The molecular weight excluding hydrogens is 207 g/mol. The Morgan fingerprint density at radius 2 is 2.06 bits per heavy atom. The summed E-state index contributed by atoms with van der Waals surface area (Å²) in [6.07, 6.45) is 0.698. The third kappa shape index (κ3) is 2.71. The van der Waals surface area contributed by atoms with Crippen molar-refractivity contribution in [2.75, 3.05) is 32.7 Å². The van der Waals surface area contributed by atoms with Crippen LogP contribution in [0.3, 0.4) is 0 Å². The molecule has 0 amide bonds. The van der Waals surface area contributed by atoms with Crippen LogP contribution >= 0.6 is 0 Å². The molecule has 1 aromatic rings. The van der Waals surface area contributed by atoms with Gasteiger partial charge in [0.1, 0.15) is 0 Å². The van der Waals surface area contributed by atoms with Crippen LogP contribution in [0.2, 0.25) is 0 Å². The maximum atomic E-state index is 13.1. The second-order valence-electron chi connectivity index (χ2n) is 4.09. The molecule has 2 rings (SSSR count). The van der Waals surface area contributed by atoms with E-state index in [1.807, 2.05) is 0 Å². The lowest BCUT2D eigenvalue weighted by molar-refractivity contribution is 0.243. The quantitative estimate of drug-likeness (QED) is 0.803. The Hall–Kier alpha value is -1.13. The van der Waals surface area contributed by atoms with E-state index in [1.54, 1.807) is 12.1 Å². The number of nitrogens with one attached hydrogen (secondary N) is 1. The van der Waals surface area contributed by atoms with Gasteiger partial charge < -0.3 is 15.3 Å². The Labute approximate surface area is 94.9 Å². The number of halogens is 1. The largest absolute Gasteiger partial charge is 0.505 e. The minimum atomic E-state index is -0.530. The van der Waals surface area contributed by atoms with Gasteiger partial charge in [0.05, 0.1) is 0 Å². The maximum absolute atomic E-state index is 13.1. The summed E-state index contributed by atoms with van der Waals surface area (Å²) in [7, 11) is 0. The molecule has 3 nitrogen and oxygen atoms in total. The van der Waals surface area contributed by atoms with E-state index in [0.717, 1.165) is 32.7 Å². The zero-order valence-electron chi connectivity index (χ0n) is 9.25. The Morgan fingerprint density at radius 1 is 1.31 bits per heavy atom. The predicted octanol–water partition coefficient (Wildman–Crippen LogP) is 0.979. The molecule has 0 saturated carbocycles. The molecule has 0 spiro atoms. The highest BCUT2D eigenvalue weighted by Gasteiger charge is 2.11. The van der Waals surface area contributed by atoms with E-state index in [2.05, 4.69) is 10.2 Å². The fraction of sp³-hybridized carbons (Fsp3) is 0.500. The number of rotatable bonds is 3. The van der Waals surface area contributed by atoms with E-state index in [4.69, 9.17) is 0 Å². The minimum absolute atomic E-state index is 0.197. The molecule has 1 saturated heterocycles. The van der Waals surface area contributed by atoms with Gasteiger partial charge in [0.25, 0.3) is 0 Å². The molecule has 1 heterocycles. The van der Waals surface area contributed by atoms with E-state index < -0.39 is 5.82 Å². The van der Waals surface area contributed by atoms with Gasteiger partial charge in [-0.15, -0.1) is 0 Å². The number of hydrogen-bond acceptors (Lipinski definition) is 3. The Morgan fingerprint density at radius 3 is 2.81 bits per heavy atom. The topological polar surface area (TPSA) is 35.5 Å². The second kappa shape index (κ2) is 5.27. The summed E-state index contributed by atoms with van der Waals surface area (Å²) in [5, 5.41) is 12.8.